The summed E-state index contributed by atoms with van der Waals surface area (Å²) < 4.78 is 28.1. The van der Waals surface area contributed by atoms with Crippen LogP contribution < -0.4 is 10.5 Å². The van der Waals surface area contributed by atoms with Crippen LogP contribution in [0.1, 0.15) is 19.4 Å². The van der Waals surface area contributed by atoms with E-state index >= 15 is 0 Å². The van der Waals surface area contributed by atoms with Gasteiger partial charge in [0, 0.05) is 10.4 Å². The van der Waals surface area contributed by atoms with Crippen LogP contribution in [0.5, 0.6) is 0 Å². The second kappa shape index (κ2) is 4.80. The number of carbonyl (C=O) groups is 1. The minimum Gasteiger partial charge on any atom is -0.438 e. The van der Waals surface area contributed by atoms with Crippen LogP contribution in [-0.4, -0.2) is 14.5 Å². The van der Waals surface area contributed by atoms with Gasteiger partial charge in [-0.3, -0.25) is 5.32 Å². The van der Waals surface area contributed by atoms with Crippen molar-refractivity contribution in [1.82, 2.24) is 0 Å². The van der Waals surface area contributed by atoms with Gasteiger partial charge in [0.25, 0.3) is 0 Å². The third kappa shape index (κ3) is 2.60. The molecule has 1 aliphatic heterocycles. The number of cyclic esters (lactones) is 1. The maximum atomic E-state index is 11.5. The van der Waals surface area contributed by atoms with Gasteiger partial charge in [0.2, 0.25) is 10.0 Å². The molecule has 2 aromatic rings. The molecular formula is C14H14N2O4S2. The van der Waals surface area contributed by atoms with Crippen molar-refractivity contribution >= 4 is 33.1 Å². The van der Waals surface area contributed by atoms with Gasteiger partial charge in [0.1, 0.15) is 9.81 Å². The van der Waals surface area contributed by atoms with Crippen molar-refractivity contribution in [3.8, 4) is 10.4 Å². The Hall–Kier alpha value is -1.90. The molecule has 1 aromatic heterocycles. The number of nitrogens with two attached hydrogens (primary N) is 1. The molecule has 0 atom stereocenters. The summed E-state index contributed by atoms with van der Waals surface area (Å²) in [6.07, 6.45) is -0.488. The van der Waals surface area contributed by atoms with Crippen molar-refractivity contribution in [3.63, 3.8) is 0 Å². The molecule has 3 rings (SSSR count). The number of carbonyl (C=O) groups excluding carboxylic acids is 1. The van der Waals surface area contributed by atoms with Crippen LogP contribution in [0, 0.1) is 0 Å². The fraction of sp³-hybridized carbons (Fsp3) is 0.214. The third-order valence-electron chi connectivity index (χ3n) is 3.40. The molecule has 1 aromatic carbocycles. The molecule has 1 aliphatic rings. The Labute approximate surface area is 132 Å². The van der Waals surface area contributed by atoms with E-state index in [0.29, 0.717) is 5.69 Å². The maximum Gasteiger partial charge on any atom is 0.412 e. The SMILES string of the molecule is CC1(C)OC(=O)Nc2ccc(-c3ccc(S(N)(=O)=O)s3)cc21. The summed E-state index contributed by atoms with van der Waals surface area (Å²) in [5.41, 5.74) is 1.60. The van der Waals surface area contributed by atoms with Crippen LogP contribution >= 0.6 is 11.3 Å². The van der Waals surface area contributed by atoms with Crippen LogP contribution in [0.2, 0.25) is 0 Å². The number of hydrogen-bond acceptors (Lipinski definition) is 5. The monoisotopic (exact) mass is 338 g/mol. The van der Waals surface area contributed by atoms with Gasteiger partial charge in [0.15, 0.2) is 0 Å². The van der Waals surface area contributed by atoms with Crippen molar-refractivity contribution in [1.29, 1.82) is 0 Å². The number of sulfonamides is 1. The normalized spacial score (nSPS) is 16.6. The second-order valence-corrected chi connectivity index (χ2v) is 8.32. The highest BCUT2D eigenvalue weighted by Gasteiger charge is 2.33. The van der Waals surface area contributed by atoms with Crippen molar-refractivity contribution in [2.45, 2.75) is 23.7 Å². The first-order chi connectivity index (χ1) is 10.2. The molecule has 1 amide bonds. The van der Waals surface area contributed by atoms with Gasteiger partial charge < -0.3 is 4.74 Å². The summed E-state index contributed by atoms with van der Waals surface area (Å²) in [4.78, 5) is 12.3. The van der Waals surface area contributed by atoms with Crippen LogP contribution in [0.15, 0.2) is 34.5 Å². The summed E-state index contributed by atoms with van der Waals surface area (Å²) in [5, 5.41) is 7.78. The quantitative estimate of drug-likeness (QED) is 0.879. The molecule has 0 radical (unpaired) electrons. The fourth-order valence-corrected chi connectivity index (χ4v) is 4.08. The molecular weight excluding hydrogens is 324 g/mol. The highest BCUT2D eigenvalue weighted by Crippen LogP contribution is 2.39. The van der Waals surface area contributed by atoms with E-state index in [9.17, 15) is 13.2 Å². The average Bonchev–Trinajstić information content (AvgIpc) is 2.86. The first-order valence-corrected chi connectivity index (χ1v) is 8.81. The zero-order valence-corrected chi connectivity index (χ0v) is 13.5. The highest BCUT2D eigenvalue weighted by atomic mass is 32.2. The molecule has 3 N–H and O–H groups in total. The van der Waals surface area contributed by atoms with Crippen molar-refractivity contribution < 1.29 is 17.9 Å². The standard InChI is InChI=1S/C14H14N2O4S2/c1-14(2)9-7-8(3-4-10(9)16-13(17)20-14)11-5-6-12(21-11)22(15,18)19/h3-7H,1-2H3,(H,16,17)(H2,15,18,19). The van der Waals surface area contributed by atoms with Gasteiger partial charge in [-0.15, -0.1) is 11.3 Å². The summed E-state index contributed by atoms with van der Waals surface area (Å²) in [6, 6.07) is 8.68. The van der Waals surface area contributed by atoms with Crippen molar-refractivity contribution in [3.05, 3.63) is 35.9 Å². The van der Waals surface area contributed by atoms with E-state index in [-0.39, 0.29) is 4.21 Å². The average molecular weight is 338 g/mol. The smallest absolute Gasteiger partial charge is 0.412 e. The Balaban J connectivity index is 2.08. The number of nitrogens with one attached hydrogen (secondary N) is 1. The Kier molecular flexibility index (Phi) is 3.28. The number of ether oxygens (including phenoxy) is 1. The number of primary sulfonamides is 1. The lowest BCUT2D eigenvalue weighted by molar-refractivity contribution is 0.0421. The molecule has 0 bridgehead atoms. The lowest BCUT2D eigenvalue weighted by atomic mass is 9.93. The van der Waals surface area contributed by atoms with E-state index in [0.717, 1.165) is 27.3 Å². The van der Waals surface area contributed by atoms with Crippen molar-refractivity contribution in [2.24, 2.45) is 5.14 Å². The summed E-state index contributed by atoms with van der Waals surface area (Å²) in [7, 11) is -3.70. The van der Waals surface area contributed by atoms with E-state index in [1.54, 1.807) is 26.0 Å². The predicted molar refractivity (Wildman–Crippen MR) is 84.3 cm³/mol. The number of fused-ring (bicyclic) bond motifs is 1. The van der Waals surface area contributed by atoms with Gasteiger partial charge in [-0.25, -0.2) is 18.4 Å². The minimum atomic E-state index is -3.70. The number of hydrogen-bond donors (Lipinski definition) is 2. The Bertz CT molecular complexity index is 869. The van der Waals surface area contributed by atoms with Crippen LogP contribution in [-0.2, 0) is 20.4 Å². The zero-order valence-electron chi connectivity index (χ0n) is 11.9. The lowest BCUT2D eigenvalue weighted by Crippen LogP contribution is -2.34. The first kappa shape index (κ1) is 15.0. The first-order valence-electron chi connectivity index (χ1n) is 6.44. The van der Waals surface area contributed by atoms with Crippen molar-refractivity contribution in [2.75, 3.05) is 5.32 Å². The summed E-state index contributed by atoms with van der Waals surface area (Å²) in [5.74, 6) is 0. The molecule has 0 saturated carbocycles. The second-order valence-electron chi connectivity index (χ2n) is 5.45. The Morgan fingerprint density at radius 1 is 1.23 bits per heavy atom. The molecule has 0 fully saturated rings. The van der Waals surface area contributed by atoms with Crippen LogP contribution in [0.25, 0.3) is 10.4 Å². The van der Waals surface area contributed by atoms with E-state index < -0.39 is 21.7 Å². The van der Waals surface area contributed by atoms with Gasteiger partial charge >= 0.3 is 6.09 Å². The van der Waals surface area contributed by atoms with Gasteiger partial charge in [-0.05, 0) is 43.7 Å². The Morgan fingerprint density at radius 2 is 1.95 bits per heavy atom. The Morgan fingerprint density at radius 3 is 2.59 bits per heavy atom. The number of benzene rings is 1. The lowest BCUT2D eigenvalue weighted by Gasteiger charge is -2.32. The molecule has 0 saturated heterocycles. The molecule has 0 unspecified atom stereocenters. The number of rotatable bonds is 2. The van der Waals surface area contributed by atoms with Gasteiger partial charge in [-0.2, -0.15) is 0 Å². The zero-order chi connectivity index (χ0) is 16.1. The molecule has 2 heterocycles. The minimum absolute atomic E-state index is 0.115. The molecule has 8 heteroatoms. The number of thiophene rings is 1. The van der Waals surface area contributed by atoms with E-state index in [1.807, 2.05) is 12.1 Å². The van der Waals surface area contributed by atoms with Gasteiger partial charge in [-0.1, -0.05) is 6.07 Å². The molecule has 22 heavy (non-hydrogen) atoms. The summed E-state index contributed by atoms with van der Waals surface area (Å²) >= 11 is 1.10. The van der Waals surface area contributed by atoms with Gasteiger partial charge in [0.05, 0.1) is 5.69 Å². The third-order valence-corrected chi connectivity index (χ3v) is 5.97. The molecule has 0 spiro atoms. The van der Waals surface area contributed by atoms with E-state index in [1.165, 1.54) is 6.07 Å². The predicted octanol–water partition coefficient (Wildman–Crippen LogP) is 2.86. The van der Waals surface area contributed by atoms with Crippen LogP contribution in [0.3, 0.4) is 0 Å². The number of anilines is 1. The number of amides is 1. The maximum absolute atomic E-state index is 11.5. The molecule has 0 aliphatic carbocycles. The summed E-state index contributed by atoms with van der Waals surface area (Å²) in [6.45, 7) is 3.61. The highest BCUT2D eigenvalue weighted by molar-refractivity contribution is 7.91. The fourth-order valence-electron chi connectivity index (χ4n) is 2.36. The molecule has 6 nitrogen and oxygen atoms in total. The largest absolute Gasteiger partial charge is 0.438 e. The molecule has 116 valence electrons. The topological polar surface area (TPSA) is 98.5 Å². The van der Waals surface area contributed by atoms with E-state index in [4.69, 9.17) is 9.88 Å². The van der Waals surface area contributed by atoms with E-state index in [2.05, 4.69) is 5.32 Å². The van der Waals surface area contributed by atoms with Crippen LogP contribution in [0.4, 0.5) is 10.5 Å².